The van der Waals surface area contributed by atoms with Crippen LogP contribution >= 0.6 is 11.8 Å². The smallest absolute Gasteiger partial charge is 0.262 e. The van der Waals surface area contributed by atoms with E-state index in [2.05, 4.69) is 10.9 Å². The molecule has 166 valence electrons. The van der Waals surface area contributed by atoms with E-state index in [4.69, 9.17) is 0 Å². The van der Waals surface area contributed by atoms with E-state index < -0.39 is 27.7 Å². The average Bonchev–Trinajstić information content (AvgIpc) is 2.76. The summed E-state index contributed by atoms with van der Waals surface area (Å²) in [6.45, 7) is 4.30. The molecular formula is C21H24FN3O4S2. The lowest BCUT2D eigenvalue weighted by Gasteiger charge is -2.18. The van der Waals surface area contributed by atoms with Crippen LogP contribution in [-0.2, 0) is 19.6 Å². The first-order valence-corrected chi connectivity index (χ1v) is 11.9. The molecule has 31 heavy (non-hydrogen) atoms. The predicted octanol–water partition coefficient (Wildman–Crippen LogP) is 2.81. The van der Waals surface area contributed by atoms with Gasteiger partial charge in [-0.1, -0.05) is 38.1 Å². The zero-order valence-electron chi connectivity index (χ0n) is 17.2. The lowest BCUT2D eigenvalue weighted by atomic mass is 10.2. The molecular weight excluding hydrogens is 441 g/mol. The van der Waals surface area contributed by atoms with Crippen LogP contribution < -0.4 is 10.9 Å². The molecule has 0 unspecified atom stereocenters. The molecule has 0 saturated heterocycles. The topological polar surface area (TPSA) is 95.6 Å². The van der Waals surface area contributed by atoms with Crippen LogP contribution in [0.2, 0.25) is 0 Å². The highest BCUT2D eigenvalue weighted by Gasteiger charge is 2.20. The number of halogens is 1. The number of rotatable bonds is 9. The number of hydrazine groups is 1. The fraction of sp³-hybridized carbons (Fsp3) is 0.238. The van der Waals surface area contributed by atoms with Crippen molar-refractivity contribution in [2.45, 2.75) is 23.6 Å². The third-order valence-corrected chi connectivity index (χ3v) is 7.28. The number of benzene rings is 2. The zero-order chi connectivity index (χ0) is 22.9. The van der Waals surface area contributed by atoms with Crippen LogP contribution in [0.25, 0.3) is 6.08 Å². The molecule has 10 heteroatoms. The van der Waals surface area contributed by atoms with Gasteiger partial charge in [0.05, 0.1) is 10.6 Å². The first-order chi connectivity index (χ1) is 14.8. The van der Waals surface area contributed by atoms with Crippen molar-refractivity contribution in [3.63, 3.8) is 0 Å². The molecule has 2 aromatic rings. The van der Waals surface area contributed by atoms with Gasteiger partial charge in [-0.15, -0.1) is 11.8 Å². The van der Waals surface area contributed by atoms with Crippen LogP contribution in [0.15, 0.2) is 64.4 Å². The fourth-order valence-corrected chi connectivity index (χ4v) is 4.75. The van der Waals surface area contributed by atoms with Crippen molar-refractivity contribution in [3.8, 4) is 0 Å². The molecule has 0 aliphatic heterocycles. The number of carbonyl (C=O) groups is 2. The van der Waals surface area contributed by atoms with Crippen molar-refractivity contribution in [3.05, 3.63) is 66.0 Å². The van der Waals surface area contributed by atoms with Gasteiger partial charge in [-0.2, -0.15) is 4.31 Å². The van der Waals surface area contributed by atoms with E-state index in [1.54, 1.807) is 44.2 Å². The van der Waals surface area contributed by atoms with Crippen molar-refractivity contribution < 1.29 is 22.4 Å². The maximum Gasteiger partial charge on any atom is 0.262 e. The number of nitrogens with one attached hydrogen (secondary N) is 2. The average molecular weight is 466 g/mol. The standard InChI is InChI=1S/C21H24FN3O4S2/c1-3-25(4-2)31(28,29)17-12-9-16(10-13-17)11-14-20(26)23-24-21(27)15-30-19-8-6-5-7-18(19)22/h5-14H,3-4,15H2,1-2H3,(H,23,26)(H,24,27)/b14-11+. The molecule has 0 aliphatic carbocycles. The lowest BCUT2D eigenvalue weighted by Crippen LogP contribution is -2.41. The largest absolute Gasteiger partial charge is 0.272 e. The molecule has 0 aliphatic rings. The highest BCUT2D eigenvalue weighted by Crippen LogP contribution is 2.20. The van der Waals surface area contributed by atoms with Crippen LogP contribution in [0, 0.1) is 5.82 Å². The third-order valence-electron chi connectivity index (χ3n) is 4.17. The van der Waals surface area contributed by atoms with Gasteiger partial charge in [0.2, 0.25) is 15.9 Å². The molecule has 2 aromatic carbocycles. The van der Waals surface area contributed by atoms with E-state index in [1.165, 1.54) is 34.7 Å². The Labute approximate surface area is 185 Å². The number of hydrogen-bond acceptors (Lipinski definition) is 5. The van der Waals surface area contributed by atoms with Crippen LogP contribution in [0.3, 0.4) is 0 Å². The number of thioether (sulfide) groups is 1. The van der Waals surface area contributed by atoms with Gasteiger partial charge in [0.25, 0.3) is 5.91 Å². The Bertz CT molecular complexity index is 1040. The number of amides is 2. The second kappa shape index (κ2) is 11.6. The van der Waals surface area contributed by atoms with Crippen molar-refractivity contribution in [1.82, 2.24) is 15.2 Å². The number of nitrogens with zero attached hydrogens (tertiary/aromatic N) is 1. The van der Waals surface area contributed by atoms with Gasteiger partial charge in [-0.3, -0.25) is 20.4 Å². The molecule has 2 N–H and O–H groups in total. The molecule has 0 radical (unpaired) electrons. The van der Waals surface area contributed by atoms with Gasteiger partial charge in [0, 0.05) is 24.1 Å². The quantitative estimate of drug-likeness (QED) is 0.337. The summed E-state index contributed by atoms with van der Waals surface area (Å²) in [6, 6.07) is 12.2. The Morgan fingerprint density at radius 1 is 1.03 bits per heavy atom. The van der Waals surface area contributed by atoms with E-state index >= 15 is 0 Å². The van der Waals surface area contributed by atoms with Gasteiger partial charge in [-0.25, -0.2) is 12.8 Å². The van der Waals surface area contributed by atoms with E-state index in [1.807, 2.05) is 0 Å². The second-order valence-corrected chi connectivity index (χ2v) is 9.20. The molecule has 2 rings (SSSR count). The summed E-state index contributed by atoms with van der Waals surface area (Å²) < 4.78 is 39.8. The number of hydrogen-bond donors (Lipinski definition) is 2. The normalized spacial score (nSPS) is 11.6. The Morgan fingerprint density at radius 3 is 2.29 bits per heavy atom. The summed E-state index contributed by atoms with van der Waals surface area (Å²) >= 11 is 1.02. The number of sulfonamides is 1. The minimum Gasteiger partial charge on any atom is -0.272 e. The van der Waals surface area contributed by atoms with E-state index in [-0.39, 0.29) is 10.6 Å². The Balaban J connectivity index is 1.84. The molecule has 0 bridgehead atoms. The second-order valence-electron chi connectivity index (χ2n) is 6.25. The maximum atomic E-state index is 13.5. The molecule has 0 fully saturated rings. The maximum absolute atomic E-state index is 13.5. The molecule has 0 saturated carbocycles. The van der Waals surface area contributed by atoms with Crippen molar-refractivity contribution in [2.75, 3.05) is 18.8 Å². The predicted molar refractivity (Wildman–Crippen MR) is 119 cm³/mol. The van der Waals surface area contributed by atoms with Crippen molar-refractivity contribution in [1.29, 1.82) is 0 Å². The highest BCUT2D eigenvalue weighted by atomic mass is 32.2. The fourth-order valence-electron chi connectivity index (χ4n) is 2.55. The Hall–Kier alpha value is -2.69. The van der Waals surface area contributed by atoms with Crippen molar-refractivity contribution >= 4 is 39.7 Å². The van der Waals surface area contributed by atoms with E-state index in [9.17, 15) is 22.4 Å². The molecule has 0 atom stereocenters. The van der Waals surface area contributed by atoms with E-state index in [0.29, 0.717) is 23.5 Å². The molecule has 0 aromatic heterocycles. The summed E-state index contributed by atoms with van der Waals surface area (Å²) in [7, 11) is -3.54. The molecule has 0 spiro atoms. The Kier molecular flexibility index (Phi) is 9.22. The van der Waals surface area contributed by atoms with Gasteiger partial charge in [-0.05, 0) is 35.9 Å². The minimum atomic E-state index is -3.54. The van der Waals surface area contributed by atoms with Crippen LogP contribution in [0.1, 0.15) is 19.4 Å². The van der Waals surface area contributed by atoms with Gasteiger partial charge in [0.15, 0.2) is 0 Å². The molecule has 7 nitrogen and oxygen atoms in total. The van der Waals surface area contributed by atoms with Crippen LogP contribution in [0.4, 0.5) is 4.39 Å². The van der Waals surface area contributed by atoms with Gasteiger partial charge >= 0.3 is 0 Å². The number of carbonyl (C=O) groups excluding carboxylic acids is 2. The first kappa shape index (κ1) is 24.6. The highest BCUT2D eigenvalue weighted by molar-refractivity contribution is 8.00. The Morgan fingerprint density at radius 2 is 1.68 bits per heavy atom. The van der Waals surface area contributed by atoms with Crippen molar-refractivity contribution in [2.24, 2.45) is 0 Å². The summed E-state index contributed by atoms with van der Waals surface area (Å²) in [5.41, 5.74) is 5.10. The van der Waals surface area contributed by atoms with Gasteiger partial charge < -0.3 is 0 Å². The lowest BCUT2D eigenvalue weighted by molar-refractivity contribution is -0.125. The molecule has 2 amide bonds. The third kappa shape index (κ3) is 7.20. The molecule has 0 heterocycles. The zero-order valence-corrected chi connectivity index (χ0v) is 18.8. The van der Waals surface area contributed by atoms with E-state index in [0.717, 1.165) is 11.8 Å². The summed E-state index contributed by atoms with van der Waals surface area (Å²) in [4.78, 5) is 24.2. The minimum absolute atomic E-state index is 0.0621. The van der Waals surface area contributed by atoms with Gasteiger partial charge in [0.1, 0.15) is 5.82 Å². The monoisotopic (exact) mass is 465 g/mol. The SMILES string of the molecule is CCN(CC)S(=O)(=O)c1ccc(/C=C/C(=O)NNC(=O)CSc2ccccc2F)cc1. The summed E-state index contributed by atoms with van der Waals surface area (Å²) in [5.74, 6) is -1.53. The first-order valence-electron chi connectivity index (χ1n) is 9.52. The van der Waals surface area contributed by atoms with Crippen LogP contribution in [-0.4, -0.2) is 43.4 Å². The van der Waals surface area contributed by atoms with Crippen LogP contribution in [0.5, 0.6) is 0 Å². The summed E-state index contributed by atoms with van der Waals surface area (Å²) in [5, 5.41) is 0. The summed E-state index contributed by atoms with van der Waals surface area (Å²) in [6.07, 6.45) is 2.70.